The molecule has 15 heavy (non-hydrogen) atoms. The molecule has 1 atom stereocenters. The van der Waals surface area contributed by atoms with Gasteiger partial charge in [0.2, 0.25) is 5.43 Å². The summed E-state index contributed by atoms with van der Waals surface area (Å²) < 4.78 is 1.44. The average molecular weight is 212 g/mol. The van der Waals surface area contributed by atoms with Crippen molar-refractivity contribution in [2.45, 2.75) is 12.6 Å². The highest BCUT2D eigenvalue weighted by atomic mass is 16.4. The van der Waals surface area contributed by atoms with Crippen LogP contribution in [0.5, 0.6) is 5.75 Å². The first-order chi connectivity index (χ1) is 7.04. The molecule has 1 heterocycles. The van der Waals surface area contributed by atoms with E-state index in [2.05, 4.69) is 5.32 Å². The number of aliphatic carboxylic acids is 1. The fourth-order valence-electron chi connectivity index (χ4n) is 1.13. The summed E-state index contributed by atoms with van der Waals surface area (Å²) in [6, 6.07) is 0.427. The Balaban J connectivity index is 2.84. The molecule has 0 saturated carbocycles. The zero-order valence-electron chi connectivity index (χ0n) is 8.17. The third-order valence-electron chi connectivity index (χ3n) is 2.00. The standard InChI is InChI=1S/C9H12N2O4/c1-10-6(9(14)15)4-11-3-2-7(12)8(13)5-11/h2-3,5-6,10,13H,4H2,1H3,(H,14,15)/t6-/m0/s1. The van der Waals surface area contributed by atoms with Crippen LogP contribution in [0.25, 0.3) is 0 Å². The summed E-state index contributed by atoms with van der Waals surface area (Å²) in [4.78, 5) is 21.6. The topological polar surface area (TPSA) is 91.6 Å². The van der Waals surface area contributed by atoms with Gasteiger partial charge in [0.05, 0.1) is 0 Å². The van der Waals surface area contributed by atoms with Crippen molar-refractivity contribution in [1.29, 1.82) is 0 Å². The van der Waals surface area contributed by atoms with Gasteiger partial charge in [0.25, 0.3) is 0 Å². The van der Waals surface area contributed by atoms with Gasteiger partial charge in [-0.15, -0.1) is 0 Å². The first-order valence-corrected chi connectivity index (χ1v) is 4.33. The van der Waals surface area contributed by atoms with Crippen LogP contribution in [0, 0.1) is 0 Å². The van der Waals surface area contributed by atoms with Crippen molar-refractivity contribution in [2.24, 2.45) is 0 Å². The van der Waals surface area contributed by atoms with Gasteiger partial charge in [0.1, 0.15) is 6.04 Å². The van der Waals surface area contributed by atoms with Gasteiger partial charge >= 0.3 is 5.97 Å². The lowest BCUT2D eigenvalue weighted by molar-refractivity contribution is -0.139. The lowest BCUT2D eigenvalue weighted by Crippen LogP contribution is -2.37. The Labute approximate surface area is 85.8 Å². The largest absolute Gasteiger partial charge is 0.503 e. The van der Waals surface area contributed by atoms with Gasteiger partial charge in [-0.25, -0.2) is 0 Å². The normalized spacial score (nSPS) is 12.3. The maximum atomic E-state index is 10.9. The quantitative estimate of drug-likeness (QED) is 0.609. The molecule has 6 nitrogen and oxygen atoms in total. The van der Waals surface area contributed by atoms with Crippen LogP contribution in [0.15, 0.2) is 23.3 Å². The molecule has 3 N–H and O–H groups in total. The smallest absolute Gasteiger partial charge is 0.322 e. The van der Waals surface area contributed by atoms with Crippen molar-refractivity contribution in [1.82, 2.24) is 9.88 Å². The van der Waals surface area contributed by atoms with Crippen molar-refractivity contribution in [3.8, 4) is 5.75 Å². The van der Waals surface area contributed by atoms with Crippen molar-refractivity contribution in [2.75, 3.05) is 7.05 Å². The lowest BCUT2D eigenvalue weighted by atomic mass is 10.3. The maximum absolute atomic E-state index is 10.9. The third-order valence-corrected chi connectivity index (χ3v) is 2.00. The van der Waals surface area contributed by atoms with E-state index < -0.39 is 23.2 Å². The molecule has 82 valence electrons. The molecule has 0 bridgehead atoms. The average Bonchev–Trinajstić information content (AvgIpc) is 2.19. The summed E-state index contributed by atoms with van der Waals surface area (Å²) in [5.74, 6) is -1.38. The van der Waals surface area contributed by atoms with Crippen molar-refractivity contribution >= 4 is 5.97 Å². The van der Waals surface area contributed by atoms with Crippen LogP contribution >= 0.6 is 0 Å². The molecule has 6 heteroatoms. The fourth-order valence-corrected chi connectivity index (χ4v) is 1.13. The molecule has 0 aliphatic rings. The van der Waals surface area contributed by atoms with Crippen LogP contribution in [0.3, 0.4) is 0 Å². The molecular weight excluding hydrogens is 200 g/mol. The van der Waals surface area contributed by atoms with E-state index in [1.807, 2.05) is 0 Å². The summed E-state index contributed by atoms with van der Waals surface area (Å²) in [7, 11) is 1.53. The number of pyridine rings is 1. The minimum absolute atomic E-state index is 0.139. The second-order valence-corrected chi connectivity index (χ2v) is 3.07. The molecule has 1 rings (SSSR count). The van der Waals surface area contributed by atoms with Crippen LogP contribution in [-0.4, -0.2) is 33.8 Å². The SMILES string of the molecule is CN[C@@H](Cn1ccc(=O)c(O)c1)C(=O)O. The minimum Gasteiger partial charge on any atom is -0.503 e. The molecule has 0 unspecified atom stereocenters. The van der Waals surface area contributed by atoms with E-state index in [0.29, 0.717) is 0 Å². The van der Waals surface area contributed by atoms with Crippen LogP contribution in [-0.2, 0) is 11.3 Å². The Morgan fingerprint density at radius 1 is 1.67 bits per heavy atom. The molecule has 0 spiro atoms. The Bertz CT molecular complexity index is 413. The molecule has 0 amide bonds. The van der Waals surface area contributed by atoms with E-state index in [1.165, 1.54) is 30.1 Å². The van der Waals surface area contributed by atoms with Crippen molar-refractivity contribution in [3.05, 3.63) is 28.7 Å². The van der Waals surface area contributed by atoms with Crippen LogP contribution in [0.4, 0.5) is 0 Å². The van der Waals surface area contributed by atoms with E-state index in [0.717, 1.165) is 0 Å². The molecule has 1 aromatic heterocycles. The predicted molar refractivity (Wildman–Crippen MR) is 52.9 cm³/mol. The highest BCUT2D eigenvalue weighted by Crippen LogP contribution is 2.00. The maximum Gasteiger partial charge on any atom is 0.322 e. The van der Waals surface area contributed by atoms with E-state index in [4.69, 9.17) is 10.2 Å². The molecule has 0 aliphatic carbocycles. The lowest BCUT2D eigenvalue weighted by Gasteiger charge is -2.13. The molecule has 0 aliphatic heterocycles. The number of hydrogen-bond acceptors (Lipinski definition) is 4. The van der Waals surface area contributed by atoms with Gasteiger partial charge in [-0.1, -0.05) is 0 Å². The van der Waals surface area contributed by atoms with Gasteiger partial charge in [-0.3, -0.25) is 9.59 Å². The summed E-state index contributed by atoms with van der Waals surface area (Å²) in [6.07, 6.45) is 2.63. The van der Waals surface area contributed by atoms with E-state index in [-0.39, 0.29) is 6.54 Å². The van der Waals surface area contributed by atoms with Gasteiger partial charge in [-0.05, 0) is 7.05 Å². The van der Waals surface area contributed by atoms with Crippen molar-refractivity contribution in [3.63, 3.8) is 0 Å². The first kappa shape index (κ1) is 11.3. The highest BCUT2D eigenvalue weighted by molar-refractivity contribution is 5.73. The summed E-state index contributed by atoms with van der Waals surface area (Å²) in [5, 5.41) is 20.5. The van der Waals surface area contributed by atoms with Crippen molar-refractivity contribution < 1.29 is 15.0 Å². The van der Waals surface area contributed by atoms with Crippen LogP contribution < -0.4 is 10.7 Å². The molecule has 0 radical (unpaired) electrons. The zero-order valence-corrected chi connectivity index (χ0v) is 8.17. The summed E-state index contributed by atoms with van der Waals surface area (Å²) >= 11 is 0. The van der Waals surface area contributed by atoms with Gasteiger partial charge < -0.3 is 20.1 Å². The number of rotatable bonds is 4. The van der Waals surface area contributed by atoms with Crippen LogP contribution in [0.2, 0.25) is 0 Å². The highest BCUT2D eigenvalue weighted by Gasteiger charge is 2.14. The van der Waals surface area contributed by atoms with Gasteiger partial charge in [0.15, 0.2) is 5.75 Å². The second kappa shape index (κ2) is 4.61. The number of carboxylic acids is 1. The third kappa shape index (κ3) is 2.81. The zero-order chi connectivity index (χ0) is 11.4. The number of carbonyl (C=O) groups is 1. The van der Waals surface area contributed by atoms with Crippen LogP contribution in [0.1, 0.15) is 0 Å². The van der Waals surface area contributed by atoms with E-state index in [9.17, 15) is 9.59 Å². The summed E-state index contributed by atoms with van der Waals surface area (Å²) in [5.41, 5.74) is -0.484. The Hall–Kier alpha value is -1.82. The van der Waals surface area contributed by atoms with Gasteiger partial charge in [0, 0.05) is 25.0 Å². The first-order valence-electron chi connectivity index (χ1n) is 4.33. The second-order valence-electron chi connectivity index (χ2n) is 3.07. The number of aromatic hydroxyl groups is 1. The fraction of sp³-hybridized carbons (Fsp3) is 0.333. The number of likely N-dealkylation sites (N-methyl/N-ethyl adjacent to an activating group) is 1. The molecular formula is C9H12N2O4. The van der Waals surface area contributed by atoms with Gasteiger partial charge in [-0.2, -0.15) is 0 Å². The summed E-state index contributed by atoms with van der Waals surface area (Å²) in [6.45, 7) is 0.139. The predicted octanol–water partition coefficient (Wildman–Crippen LogP) is -0.774. The Morgan fingerprint density at radius 3 is 2.80 bits per heavy atom. The van der Waals surface area contributed by atoms with E-state index >= 15 is 0 Å². The minimum atomic E-state index is -0.990. The number of aromatic nitrogens is 1. The number of hydrogen-bond donors (Lipinski definition) is 3. The molecule has 1 aromatic rings. The number of nitrogens with zero attached hydrogens (tertiary/aromatic N) is 1. The van der Waals surface area contributed by atoms with E-state index in [1.54, 1.807) is 0 Å². The monoisotopic (exact) mass is 212 g/mol. The Morgan fingerprint density at radius 2 is 2.33 bits per heavy atom. The number of nitrogens with one attached hydrogen (secondary N) is 1. The molecule has 0 saturated heterocycles. The molecule has 0 fully saturated rings. The Kier molecular flexibility index (Phi) is 3.46. The molecule has 0 aromatic carbocycles. The number of carboxylic acid groups (broad SMARTS) is 1.